The predicted molar refractivity (Wildman–Crippen MR) is 88.1 cm³/mol. The number of hydrogen-bond donors (Lipinski definition) is 2. The molecule has 7 heteroatoms. The summed E-state index contributed by atoms with van der Waals surface area (Å²) in [5.41, 5.74) is 1.13. The molecule has 1 heterocycles. The van der Waals surface area contributed by atoms with E-state index in [1.54, 1.807) is 12.1 Å². The van der Waals surface area contributed by atoms with Crippen molar-refractivity contribution in [2.45, 2.75) is 26.3 Å². The van der Waals surface area contributed by atoms with Gasteiger partial charge in [-0.2, -0.15) is 0 Å². The second-order valence-electron chi connectivity index (χ2n) is 4.92. The number of nitrogens with one attached hydrogen (secondary N) is 2. The SMILES string of the molecule is CCCCS(=O)(=O)Nc1ccc(NCc2ccccc2)nn1. The molecule has 0 saturated carbocycles. The van der Waals surface area contributed by atoms with Gasteiger partial charge in [0, 0.05) is 6.54 Å². The molecule has 0 aliphatic heterocycles. The van der Waals surface area contributed by atoms with Crippen LogP contribution in [0, 0.1) is 0 Å². The minimum atomic E-state index is -3.34. The number of aromatic nitrogens is 2. The van der Waals surface area contributed by atoms with Crippen LogP contribution in [0.25, 0.3) is 0 Å². The number of hydrogen-bond acceptors (Lipinski definition) is 5. The second-order valence-corrected chi connectivity index (χ2v) is 6.76. The molecular weight excluding hydrogens is 300 g/mol. The molecule has 6 nitrogen and oxygen atoms in total. The van der Waals surface area contributed by atoms with Crippen molar-refractivity contribution >= 4 is 21.7 Å². The lowest BCUT2D eigenvalue weighted by Gasteiger charge is -2.08. The van der Waals surface area contributed by atoms with Crippen molar-refractivity contribution in [2.75, 3.05) is 15.8 Å². The molecule has 0 aliphatic rings. The van der Waals surface area contributed by atoms with Crippen molar-refractivity contribution in [2.24, 2.45) is 0 Å². The van der Waals surface area contributed by atoms with Crippen molar-refractivity contribution in [3.63, 3.8) is 0 Å². The van der Waals surface area contributed by atoms with E-state index in [4.69, 9.17) is 0 Å². The van der Waals surface area contributed by atoms with Crippen LogP contribution in [0.3, 0.4) is 0 Å². The molecule has 1 aromatic carbocycles. The van der Waals surface area contributed by atoms with Gasteiger partial charge in [-0.15, -0.1) is 10.2 Å². The van der Waals surface area contributed by atoms with E-state index in [-0.39, 0.29) is 11.6 Å². The van der Waals surface area contributed by atoms with Gasteiger partial charge in [-0.05, 0) is 24.1 Å². The Balaban J connectivity index is 1.90. The number of anilines is 2. The molecule has 0 saturated heterocycles. The van der Waals surface area contributed by atoms with Crippen LogP contribution >= 0.6 is 0 Å². The summed E-state index contributed by atoms with van der Waals surface area (Å²) in [5.74, 6) is 0.931. The van der Waals surface area contributed by atoms with Gasteiger partial charge < -0.3 is 5.32 Å². The van der Waals surface area contributed by atoms with Gasteiger partial charge in [-0.1, -0.05) is 43.7 Å². The third kappa shape index (κ3) is 5.33. The Hall–Kier alpha value is -2.15. The largest absolute Gasteiger partial charge is 0.365 e. The van der Waals surface area contributed by atoms with Gasteiger partial charge >= 0.3 is 0 Å². The zero-order valence-electron chi connectivity index (χ0n) is 12.5. The number of rotatable bonds is 8. The molecule has 2 aromatic rings. The highest BCUT2D eigenvalue weighted by Crippen LogP contribution is 2.10. The molecule has 0 fully saturated rings. The maximum atomic E-state index is 11.8. The Morgan fingerprint density at radius 1 is 1.00 bits per heavy atom. The Bertz CT molecular complexity index is 672. The normalized spacial score (nSPS) is 11.1. The summed E-state index contributed by atoms with van der Waals surface area (Å²) in [7, 11) is -3.34. The molecule has 118 valence electrons. The predicted octanol–water partition coefficient (Wildman–Crippen LogP) is 2.63. The Labute approximate surface area is 131 Å². The fourth-order valence-corrected chi connectivity index (χ4v) is 3.01. The lowest BCUT2D eigenvalue weighted by atomic mass is 10.2. The first kappa shape index (κ1) is 16.2. The summed E-state index contributed by atoms with van der Waals surface area (Å²) in [6.07, 6.45) is 1.45. The van der Waals surface area contributed by atoms with Crippen molar-refractivity contribution in [3.05, 3.63) is 48.0 Å². The first-order chi connectivity index (χ1) is 10.6. The first-order valence-electron chi connectivity index (χ1n) is 7.21. The van der Waals surface area contributed by atoms with E-state index < -0.39 is 10.0 Å². The topological polar surface area (TPSA) is 84.0 Å². The average molecular weight is 320 g/mol. The van der Waals surface area contributed by atoms with Gasteiger partial charge in [0.05, 0.1) is 5.75 Å². The van der Waals surface area contributed by atoms with Crippen molar-refractivity contribution in [3.8, 4) is 0 Å². The van der Waals surface area contributed by atoms with E-state index in [0.717, 1.165) is 12.0 Å². The van der Waals surface area contributed by atoms with Gasteiger partial charge in [0.1, 0.15) is 5.82 Å². The van der Waals surface area contributed by atoms with Crippen molar-refractivity contribution < 1.29 is 8.42 Å². The number of sulfonamides is 1. The molecule has 0 aliphatic carbocycles. The van der Waals surface area contributed by atoms with Crippen LogP contribution in [-0.2, 0) is 16.6 Å². The minimum absolute atomic E-state index is 0.0964. The summed E-state index contributed by atoms with van der Waals surface area (Å²) in [5, 5.41) is 11.0. The molecule has 0 bridgehead atoms. The molecule has 0 spiro atoms. The fourth-order valence-electron chi connectivity index (χ4n) is 1.81. The molecule has 0 atom stereocenters. The van der Waals surface area contributed by atoms with Crippen molar-refractivity contribution in [1.82, 2.24) is 10.2 Å². The monoisotopic (exact) mass is 320 g/mol. The van der Waals surface area contributed by atoms with Gasteiger partial charge in [-0.3, -0.25) is 4.72 Å². The van der Waals surface area contributed by atoms with Gasteiger partial charge in [-0.25, -0.2) is 8.42 Å². The van der Waals surface area contributed by atoms with E-state index >= 15 is 0 Å². The number of benzene rings is 1. The summed E-state index contributed by atoms with van der Waals surface area (Å²) in [4.78, 5) is 0. The highest BCUT2D eigenvalue weighted by atomic mass is 32.2. The number of unbranched alkanes of at least 4 members (excludes halogenated alkanes) is 1. The maximum Gasteiger partial charge on any atom is 0.233 e. The van der Waals surface area contributed by atoms with Crippen LogP contribution in [0.5, 0.6) is 0 Å². The van der Waals surface area contributed by atoms with Crippen LogP contribution in [0.2, 0.25) is 0 Å². The zero-order chi connectivity index (χ0) is 15.8. The van der Waals surface area contributed by atoms with Gasteiger partial charge in [0.2, 0.25) is 10.0 Å². The Morgan fingerprint density at radius 3 is 2.32 bits per heavy atom. The smallest absolute Gasteiger partial charge is 0.233 e. The Morgan fingerprint density at radius 2 is 1.68 bits per heavy atom. The van der Waals surface area contributed by atoms with Crippen LogP contribution in [0.4, 0.5) is 11.6 Å². The van der Waals surface area contributed by atoms with E-state index in [1.165, 1.54) is 0 Å². The minimum Gasteiger partial charge on any atom is -0.365 e. The van der Waals surface area contributed by atoms with Gasteiger partial charge in [0.15, 0.2) is 5.82 Å². The summed E-state index contributed by atoms with van der Waals surface area (Å²) in [6, 6.07) is 13.2. The summed E-state index contributed by atoms with van der Waals surface area (Å²) in [6.45, 7) is 2.58. The average Bonchev–Trinajstić information content (AvgIpc) is 2.53. The summed E-state index contributed by atoms with van der Waals surface area (Å²) >= 11 is 0. The standard InChI is InChI=1S/C15H20N4O2S/c1-2-3-11-22(20,21)19-15-10-9-14(17-18-15)16-12-13-7-5-4-6-8-13/h4-10H,2-3,11-12H2,1H3,(H,16,17)(H,18,19). The van der Waals surface area contributed by atoms with Crippen LogP contribution in [0.1, 0.15) is 25.3 Å². The molecule has 2 N–H and O–H groups in total. The zero-order valence-corrected chi connectivity index (χ0v) is 13.3. The molecule has 22 heavy (non-hydrogen) atoms. The van der Waals surface area contributed by atoms with E-state index in [2.05, 4.69) is 20.2 Å². The number of nitrogens with zero attached hydrogens (tertiary/aromatic N) is 2. The summed E-state index contributed by atoms with van der Waals surface area (Å²) < 4.78 is 25.9. The van der Waals surface area contributed by atoms with E-state index in [0.29, 0.717) is 18.8 Å². The fraction of sp³-hybridized carbons (Fsp3) is 0.333. The third-order valence-corrected chi connectivity index (χ3v) is 4.35. The first-order valence-corrected chi connectivity index (χ1v) is 8.86. The lowest BCUT2D eigenvalue weighted by Crippen LogP contribution is -2.17. The Kier molecular flexibility index (Phi) is 5.71. The lowest BCUT2D eigenvalue weighted by molar-refractivity contribution is 0.597. The quantitative estimate of drug-likeness (QED) is 0.781. The van der Waals surface area contributed by atoms with Crippen LogP contribution in [-0.4, -0.2) is 24.4 Å². The third-order valence-electron chi connectivity index (χ3n) is 3.01. The molecule has 1 aromatic heterocycles. The van der Waals surface area contributed by atoms with E-state index in [1.807, 2.05) is 37.3 Å². The van der Waals surface area contributed by atoms with Gasteiger partial charge in [0.25, 0.3) is 0 Å². The second kappa shape index (κ2) is 7.74. The highest BCUT2D eigenvalue weighted by Gasteiger charge is 2.10. The maximum absolute atomic E-state index is 11.8. The molecule has 0 unspecified atom stereocenters. The molecular formula is C15H20N4O2S. The highest BCUT2D eigenvalue weighted by molar-refractivity contribution is 7.92. The van der Waals surface area contributed by atoms with Crippen LogP contribution in [0.15, 0.2) is 42.5 Å². The molecule has 0 radical (unpaired) electrons. The van der Waals surface area contributed by atoms with Crippen LogP contribution < -0.4 is 10.0 Å². The molecule has 0 amide bonds. The van der Waals surface area contributed by atoms with Crippen molar-refractivity contribution in [1.29, 1.82) is 0 Å². The molecule has 2 rings (SSSR count). The van der Waals surface area contributed by atoms with E-state index in [9.17, 15) is 8.42 Å².